The van der Waals surface area contributed by atoms with Crippen molar-refractivity contribution in [2.24, 2.45) is 0 Å². The van der Waals surface area contributed by atoms with Crippen molar-refractivity contribution in [3.8, 4) is 16.9 Å². The number of nitrogens with zero attached hydrogens (tertiary/aromatic N) is 1. The minimum Gasteiger partial charge on any atom is -0.496 e. The molecule has 22 heavy (non-hydrogen) atoms. The van der Waals surface area contributed by atoms with Gasteiger partial charge in [-0.3, -0.25) is 10.1 Å². The number of carbonyl (C=O) groups excluding carboxylic acids is 1. The quantitative estimate of drug-likeness (QED) is 0.798. The highest BCUT2D eigenvalue weighted by atomic mass is 16.5. The van der Waals surface area contributed by atoms with E-state index in [0.29, 0.717) is 17.2 Å². The Morgan fingerprint density at radius 2 is 1.82 bits per heavy atom. The molecule has 3 aromatic rings. The van der Waals surface area contributed by atoms with Crippen molar-refractivity contribution in [1.29, 1.82) is 0 Å². The van der Waals surface area contributed by atoms with E-state index in [0.717, 1.165) is 11.1 Å². The molecule has 0 saturated heterocycles. The maximum absolute atomic E-state index is 12.4. The van der Waals surface area contributed by atoms with Crippen LogP contribution in [-0.4, -0.2) is 18.2 Å². The summed E-state index contributed by atoms with van der Waals surface area (Å²) in [5, 5.41) is 6.50. The van der Waals surface area contributed by atoms with Gasteiger partial charge in [0.15, 0.2) is 0 Å². The van der Waals surface area contributed by atoms with Gasteiger partial charge < -0.3 is 9.26 Å². The fourth-order valence-corrected chi connectivity index (χ4v) is 2.16. The third kappa shape index (κ3) is 2.69. The molecule has 1 N–H and O–H groups in total. The predicted molar refractivity (Wildman–Crippen MR) is 82.9 cm³/mol. The molecule has 5 heteroatoms. The maximum Gasteiger partial charge on any atom is 0.261 e. The molecule has 0 unspecified atom stereocenters. The molecule has 0 atom stereocenters. The van der Waals surface area contributed by atoms with Gasteiger partial charge in [0.25, 0.3) is 5.91 Å². The van der Waals surface area contributed by atoms with Gasteiger partial charge in [0.1, 0.15) is 5.75 Å². The molecule has 2 aromatic carbocycles. The first-order valence-corrected chi connectivity index (χ1v) is 6.74. The SMILES string of the molecule is COc1ccccc1C(=O)Nc1oncc1-c1ccccc1. The van der Waals surface area contributed by atoms with Crippen molar-refractivity contribution in [2.75, 3.05) is 12.4 Å². The van der Waals surface area contributed by atoms with Crippen LogP contribution in [0.25, 0.3) is 11.1 Å². The number of anilines is 1. The summed E-state index contributed by atoms with van der Waals surface area (Å²) >= 11 is 0. The van der Waals surface area contributed by atoms with Crippen molar-refractivity contribution >= 4 is 11.8 Å². The lowest BCUT2D eigenvalue weighted by molar-refractivity contribution is 0.102. The molecule has 0 fully saturated rings. The maximum atomic E-state index is 12.4. The van der Waals surface area contributed by atoms with Gasteiger partial charge in [-0.25, -0.2) is 0 Å². The Morgan fingerprint density at radius 3 is 2.59 bits per heavy atom. The van der Waals surface area contributed by atoms with Crippen LogP contribution in [-0.2, 0) is 0 Å². The van der Waals surface area contributed by atoms with E-state index in [-0.39, 0.29) is 5.91 Å². The summed E-state index contributed by atoms with van der Waals surface area (Å²) in [5.74, 6) is 0.495. The van der Waals surface area contributed by atoms with E-state index in [1.54, 1.807) is 30.5 Å². The van der Waals surface area contributed by atoms with Crippen LogP contribution in [0.4, 0.5) is 5.88 Å². The molecule has 1 heterocycles. The number of amides is 1. The fraction of sp³-hybridized carbons (Fsp3) is 0.0588. The molecule has 0 bridgehead atoms. The van der Waals surface area contributed by atoms with Crippen molar-refractivity contribution < 1.29 is 14.1 Å². The molecular formula is C17H14N2O3. The Morgan fingerprint density at radius 1 is 1.09 bits per heavy atom. The van der Waals surface area contributed by atoms with Crippen molar-refractivity contribution in [3.63, 3.8) is 0 Å². The summed E-state index contributed by atoms with van der Waals surface area (Å²) in [4.78, 5) is 12.4. The zero-order valence-corrected chi connectivity index (χ0v) is 11.9. The van der Waals surface area contributed by atoms with E-state index in [4.69, 9.17) is 9.26 Å². The highest BCUT2D eigenvalue weighted by Crippen LogP contribution is 2.28. The average molecular weight is 294 g/mol. The van der Waals surface area contributed by atoms with E-state index in [2.05, 4.69) is 10.5 Å². The number of carbonyl (C=O) groups is 1. The number of nitrogens with one attached hydrogen (secondary N) is 1. The van der Waals surface area contributed by atoms with Crippen molar-refractivity contribution in [3.05, 3.63) is 66.4 Å². The highest BCUT2D eigenvalue weighted by Gasteiger charge is 2.17. The topological polar surface area (TPSA) is 64.4 Å². The zero-order chi connectivity index (χ0) is 15.4. The summed E-state index contributed by atoms with van der Waals surface area (Å²) in [6.07, 6.45) is 1.58. The molecule has 1 aromatic heterocycles. The molecule has 3 rings (SSSR count). The highest BCUT2D eigenvalue weighted by molar-refractivity contribution is 6.06. The minimum atomic E-state index is -0.314. The average Bonchev–Trinajstić information content (AvgIpc) is 3.03. The minimum absolute atomic E-state index is 0.308. The lowest BCUT2D eigenvalue weighted by Gasteiger charge is -2.08. The molecule has 0 saturated carbocycles. The second-order valence-corrected chi connectivity index (χ2v) is 4.59. The van der Waals surface area contributed by atoms with Gasteiger partial charge >= 0.3 is 0 Å². The van der Waals surface area contributed by atoms with Crippen LogP contribution < -0.4 is 10.1 Å². The molecule has 0 spiro atoms. The van der Waals surface area contributed by atoms with Gasteiger partial charge in [0, 0.05) is 0 Å². The van der Waals surface area contributed by atoms with Gasteiger partial charge in [-0.15, -0.1) is 0 Å². The summed E-state index contributed by atoms with van der Waals surface area (Å²) in [5.41, 5.74) is 2.07. The Labute approximate surface area is 127 Å². The number of hydrogen-bond donors (Lipinski definition) is 1. The number of benzene rings is 2. The van der Waals surface area contributed by atoms with Crippen molar-refractivity contribution in [1.82, 2.24) is 5.16 Å². The number of ether oxygens (including phenoxy) is 1. The van der Waals surface area contributed by atoms with Crippen molar-refractivity contribution in [2.45, 2.75) is 0 Å². The Kier molecular flexibility index (Phi) is 3.87. The summed E-state index contributed by atoms with van der Waals surface area (Å²) in [7, 11) is 1.52. The monoisotopic (exact) mass is 294 g/mol. The molecule has 5 nitrogen and oxygen atoms in total. The summed E-state index contributed by atoms with van der Waals surface area (Å²) in [6.45, 7) is 0. The number of para-hydroxylation sites is 1. The smallest absolute Gasteiger partial charge is 0.261 e. The second-order valence-electron chi connectivity index (χ2n) is 4.59. The largest absolute Gasteiger partial charge is 0.496 e. The summed E-state index contributed by atoms with van der Waals surface area (Å²) < 4.78 is 10.4. The molecule has 110 valence electrons. The molecule has 0 aliphatic heterocycles. The molecule has 1 amide bonds. The number of rotatable bonds is 4. The Bertz CT molecular complexity index is 781. The van der Waals surface area contributed by atoms with Crippen LogP contribution in [0.5, 0.6) is 5.75 Å². The van der Waals surface area contributed by atoms with Gasteiger partial charge in [0.2, 0.25) is 5.88 Å². The first-order valence-electron chi connectivity index (χ1n) is 6.74. The van der Waals surface area contributed by atoms with E-state index < -0.39 is 0 Å². The first kappa shape index (κ1) is 13.9. The van der Waals surface area contributed by atoms with E-state index in [1.165, 1.54) is 7.11 Å². The van der Waals surface area contributed by atoms with Crippen LogP contribution in [0.2, 0.25) is 0 Å². The molecule has 0 aliphatic rings. The van der Waals surface area contributed by atoms with E-state index in [1.807, 2.05) is 30.3 Å². The van der Waals surface area contributed by atoms with Gasteiger partial charge in [-0.1, -0.05) is 47.6 Å². The zero-order valence-electron chi connectivity index (χ0n) is 11.9. The lowest BCUT2D eigenvalue weighted by Crippen LogP contribution is -2.13. The van der Waals surface area contributed by atoms with Gasteiger partial charge in [0.05, 0.1) is 24.4 Å². The Balaban J connectivity index is 1.88. The molecular weight excluding hydrogens is 280 g/mol. The summed E-state index contributed by atoms with van der Waals surface area (Å²) in [6, 6.07) is 16.6. The number of hydrogen-bond acceptors (Lipinski definition) is 4. The standard InChI is InChI=1S/C17H14N2O3/c1-21-15-10-6-5-9-13(15)16(20)19-17-14(11-18-22-17)12-7-3-2-4-8-12/h2-11H,1H3,(H,19,20). The van der Waals surface area contributed by atoms with Gasteiger partial charge in [-0.05, 0) is 17.7 Å². The van der Waals surface area contributed by atoms with E-state index >= 15 is 0 Å². The van der Waals surface area contributed by atoms with Crippen LogP contribution >= 0.6 is 0 Å². The van der Waals surface area contributed by atoms with Gasteiger partial charge in [-0.2, -0.15) is 0 Å². The lowest BCUT2D eigenvalue weighted by atomic mass is 10.1. The first-order chi connectivity index (χ1) is 10.8. The van der Waals surface area contributed by atoms with Crippen LogP contribution in [0, 0.1) is 0 Å². The molecule has 0 aliphatic carbocycles. The fourth-order valence-electron chi connectivity index (χ4n) is 2.16. The van der Waals surface area contributed by atoms with E-state index in [9.17, 15) is 4.79 Å². The third-order valence-electron chi connectivity index (χ3n) is 3.23. The second kappa shape index (κ2) is 6.13. The normalized spacial score (nSPS) is 10.2. The van der Waals surface area contributed by atoms with Crippen LogP contribution in [0.3, 0.4) is 0 Å². The van der Waals surface area contributed by atoms with Crippen LogP contribution in [0.15, 0.2) is 65.3 Å². The number of aromatic nitrogens is 1. The predicted octanol–water partition coefficient (Wildman–Crippen LogP) is 3.60. The Hall–Kier alpha value is -3.08. The van der Waals surface area contributed by atoms with Crippen LogP contribution in [0.1, 0.15) is 10.4 Å². The number of methoxy groups -OCH3 is 1. The third-order valence-corrected chi connectivity index (χ3v) is 3.23. The molecule has 0 radical (unpaired) electrons.